The molecule has 0 bridgehead atoms. The van der Waals surface area contributed by atoms with Crippen LogP contribution in [0.5, 0.6) is 0 Å². The fraction of sp³-hybridized carbons (Fsp3) is 0.417. The first kappa shape index (κ1) is 10.8. The SMILES string of the molecule is O=Cc1cccc2nc(CC3CCSC3)nn12. The van der Waals surface area contributed by atoms with Gasteiger partial charge in [0.2, 0.25) is 0 Å². The molecule has 17 heavy (non-hydrogen) atoms. The van der Waals surface area contributed by atoms with Crippen LogP contribution < -0.4 is 0 Å². The quantitative estimate of drug-likeness (QED) is 0.776. The van der Waals surface area contributed by atoms with Crippen LogP contribution in [-0.4, -0.2) is 32.4 Å². The van der Waals surface area contributed by atoms with E-state index >= 15 is 0 Å². The van der Waals surface area contributed by atoms with Gasteiger partial charge in [0.25, 0.3) is 0 Å². The highest BCUT2D eigenvalue weighted by molar-refractivity contribution is 7.99. The third-order valence-corrected chi connectivity index (χ3v) is 4.28. The molecule has 1 saturated heterocycles. The van der Waals surface area contributed by atoms with Crippen molar-refractivity contribution >= 4 is 23.7 Å². The van der Waals surface area contributed by atoms with Crippen LogP contribution >= 0.6 is 11.8 Å². The Hall–Kier alpha value is -1.36. The molecule has 1 atom stereocenters. The molecule has 1 unspecified atom stereocenters. The summed E-state index contributed by atoms with van der Waals surface area (Å²) >= 11 is 2.00. The van der Waals surface area contributed by atoms with Crippen molar-refractivity contribution in [3.8, 4) is 0 Å². The van der Waals surface area contributed by atoms with Gasteiger partial charge in [-0.1, -0.05) is 6.07 Å². The molecule has 0 saturated carbocycles. The van der Waals surface area contributed by atoms with E-state index in [4.69, 9.17) is 0 Å². The normalized spacial score (nSPS) is 19.9. The lowest BCUT2D eigenvalue weighted by Gasteiger charge is -2.02. The lowest BCUT2D eigenvalue weighted by molar-refractivity contribution is 0.111. The van der Waals surface area contributed by atoms with Gasteiger partial charge in [0.05, 0.1) is 0 Å². The number of rotatable bonds is 3. The lowest BCUT2D eigenvalue weighted by Crippen LogP contribution is -2.04. The number of hydrogen-bond donors (Lipinski definition) is 0. The number of aldehydes is 1. The number of aromatic nitrogens is 3. The molecule has 2 aromatic heterocycles. The van der Waals surface area contributed by atoms with E-state index in [2.05, 4.69) is 10.1 Å². The minimum absolute atomic E-state index is 0.557. The number of fused-ring (bicyclic) bond motifs is 1. The molecule has 5 heteroatoms. The molecule has 0 radical (unpaired) electrons. The summed E-state index contributed by atoms with van der Waals surface area (Å²) in [6.45, 7) is 0. The van der Waals surface area contributed by atoms with Crippen molar-refractivity contribution in [2.45, 2.75) is 12.8 Å². The highest BCUT2D eigenvalue weighted by atomic mass is 32.2. The van der Waals surface area contributed by atoms with Crippen molar-refractivity contribution in [3.05, 3.63) is 29.7 Å². The molecule has 3 heterocycles. The van der Waals surface area contributed by atoms with Gasteiger partial charge in [-0.3, -0.25) is 4.79 Å². The van der Waals surface area contributed by atoms with Gasteiger partial charge < -0.3 is 0 Å². The Morgan fingerprint density at radius 3 is 3.24 bits per heavy atom. The predicted octanol–water partition coefficient (Wildman–Crippen LogP) is 1.84. The van der Waals surface area contributed by atoms with Gasteiger partial charge >= 0.3 is 0 Å². The molecular formula is C12H13N3OS. The maximum absolute atomic E-state index is 10.9. The summed E-state index contributed by atoms with van der Waals surface area (Å²) in [5.74, 6) is 4.00. The first-order valence-electron chi connectivity index (χ1n) is 5.74. The number of carbonyl (C=O) groups is 1. The summed E-state index contributed by atoms with van der Waals surface area (Å²) in [6.07, 6.45) is 2.99. The summed E-state index contributed by atoms with van der Waals surface area (Å²) in [4.78, 5) is 15.4. The average molecular weight is 247 g/mol. The van der Waals surface area contributed by atoms with E-state index in [-0.39, 0.29) is 0 Å². The van der Waals surface area contributed by atoms with Crippen LogP contribution in [0.4, 0.5) is 0 Å². The Morgan fingerprint density at radius 2 is 2.47 bits per heavy atom. The number of carbonyl (C=O) groups excluding carboxylic acids is 1. The average Bonchev–Trinajstić information content (AvgIpc) is 2.97. The second-order valence-electron chi connectivity index (χ2n) is 4.30. The maximum Gasteiger partial charge on any atom is 0.168 e. The summed E-state index contributed by atoms with van der Waals surface area (Å²) in [7, 11) is 0. The fourth-order valence-electron chi connectivity index (χ4n) is 2.15. The second kappa shape index (κ2) is 4.49. The topological polar surface area (TPSA) is 47.3 Å². The minimum Gasteiger partial charge on any atom is -0.296 e. The summed E-state index contributed by atoms with van der Waals surface area (Å²) < 4.78 is 1.63. The Morgan fingerprint density at radius 1 is 1.53 bits per heavy atom. The van der Waals surface area contributed by atoms with Gasteiger partial charge in [0, 0.05) is 6.42 Å². The molecular weight excluding hydrogens is 234 g/mol. The van der Waals surface area contributed by atoms with Gasteiger partial charge in [-0.25, -0.2) is 9.50 Å². The van der Waals surface area contributed by atoms with E-state index in [1.807, 2.05) is 23.9 Å². The first-order valence-corrected chi connectivity index (χ1v) is 6.90. The van der Waals surface area contributed by atoms with Gasteiger partial charge in [0.1, 0.15) is 5.69 Å². The largest absolute Gasteiger partial charge is 0.296 e. The molecule has 0 amide bonds. The molecule has 3 rings (SSSR count). The zero-order valence-electron chi connectivity index (χ0n) is 9.37. The van der Waals surface area contributed by atoms with E-state index in [1.165, 1.54) is 17.9 Å². The lowest BCUT2D eigenvalue weighted by atomic mass is 10.1. The first-order chi connectivity index (χ1) is 8.36. The third-order valence-electron chi connectivity index (χ3n) is 3.05. The van der Waals surface area contributed by atoms with Gasteiger partial charge in [-0.2, -0.15) is 16.9 Å². The van der Waals surface area contributed by atoms with Crippen LogP contribution in [0.3, 0.4) is 0 Å². The Kier molecular flexibility index (Phi) is 2.84. The fourth-order valence-corrected chi connectivity index (χ4v) is 3.43. The Bertz CT molecular complexity index is 546. The van der Waals surface area contributed by atoms with Crippen LogP contribution in [-0.2, 0) is 6.42 Å². The van der Waals surface area contributed by atoms with Crippen molar-refractivity contribution in [2.75, 3.05) is 11.5 Å². The van der Waals surface area contributed by atoms with Crippen LogP contribution in [0.1, 0.15) is 22.7 Å². The molecule has 0 spiro atoms. The van der Waals surface area contributed by atoms with Crippen LogP contribution in [0.15, 0.2) is 18.2 Å². The number of nitrogens with zero attached hydrogens (tertiary/aromatic N) is 3. The van der Waals surface area contributed by atoms with Crippen molar-refractivity contribution in [1.82, 2.24) is 14.6 Å². The van der Waals surface area contributed by atoms with E-state index in [0.29, 0.717) is 11.6 Å². The van der Waals surface area contributed by atoms with E-state index in [0.717, 1.165) is 24.2 Å². The summed E-state index contributed by atoms with van der Waals surface area (Å²) in [6, 6.07) is 5.47. The molecule has 4 nitrogen and oxygen atoms in total. The maximum atomic E-state index is 10.9. The van der Waals surface area contributed by atoms with Crippen molar-refractivity contribution in [2.24, 2.45) is 5.92 Å². The molecule has 0 aromatic carbocycles. The minimum atomic E-state index is 0.557. The number of thioether (sulfide) groups is 1. The van der Waals surface area contributed by atoms with E-state index in [1.54, 1.807) is 10.6 Å². The Labute approximate surface area is 103 Å². The molecule has 1 aliphatic rings. The standard InChI is InChI=1S/C12H13N3OS/c16-7-10-2-1-3-12-13-11(14-15(10)12)6-9-4-5-17-8-9/h1-3,7,9H,4-6,8H2. The molecule has 1 fully saturated rings. The monoisotopic (exact) mass is 247 g/mol. The van der Waals surface area contributed by atoms with E-state index in [9.17, 15) is 4.79 Å². The molecule has 1 aliphatic heterocycles. The number of pyridine rings is 1. The highest BCUT2D eigenvalue weighted by Gasteiger charge is 2.18. The smallest absolute Gasteiger partial charge is 0.168 e. The molecule has 2 aromatic rings. The van der Waals surface area contributed by atoms with Gasteiger partial charge in [-0.15, -0.1) is 0 Å². The van der Waals surface area contributed by atoms with Crippen LogP contribution in [0.2, 0.25) is 0 Å². The predicted molar refractivity (Wildman–Crippen MR) is 67.5 cm³/mol. The number of hydrogen-bond acceptors (Lipinski definition) is 4. The van der Waals surface area contributed by atoms with Gasteiger partial charge in [0.15, 0.2) is 17.8 Å². The third kappa shape index (κ3) is 2.07. The molecule has 0 N–H and O–H groups in total. The zero-order valence-corrected chi connectivity index (χ0v) is 10.2. The highest BCUT2D eigenvalue weighted by Crippen LogP contribution is 2.25. The van der Waals surface area contributed by atoms with Crippen molar-refractivity contribution in [1.29, 1.82) is 0 Å². The zero-order chi connectivity index (χ0) is 11.7. The van der Waals surface area contributed by atoms with Crippen molar-refractivity contribution < 1.29 is 4.79 Å². The van der Waals surface area contributed by atoms with Crippen LogP contribution in [0.25, 0.3) is 5.65 Å². The van der Waals surface area contributed by atoms with E-state index < -0.39 is 0 Å². The summed E-state index contributed by atoms with van der Waals surface area (Å²) in [5.41, 5.74) is 1.32. The molecule has 88 valence electrons. The summed E-state index contributed by atoms with van der Waals surface area (Å²) in [5, 5.41) is 4.41. The molecule has 0 aliphatic carbocycles. The Balaban J connectivity index is 1.92. The van der Waals surface area contributed by atoms with Crippen LogP contribution in [0, 0.1) is 5.92 Å². The van der Waals surface area contributed by atoms with Gasteiger partial charge in [-0.05, 0) is 36.0 Å². The van der Waals surface area contributed by atoms with Crippen molar-refractivity contribution in [3.63, 3.8) is 0 Å². The second-order valence-corrected chi connectivity index (χ2v) is 5.45.